The number of ether oxygens (including phenoxy) is 3. The van der Waals surface area contributed by atoms with Gasteiger partial charge < -0.3 is 24.4 Å². The van der Waals surface area contributed by atoms with Crippen LogP contribution in [0.2, 0.25) is 0 Å². The SMILES string of the molecule is CC(O)CO.CCOCCOCCOC. The molecule has 1 atom stereocenters. The van der Waals surface area contributed by atoms with Crippen LogP contribution in [0.25, 0.3) is 0 Å². The minimum atomic E-state index is -0.560. The summed E-state index contributed by atoms with van der Waals surface area (Å²) in [5.41, 5.74) is 0. The van der Waals surface area contributed by atoms with Gasteiger partial charge in [0, 0.05) is 13.7 Å². The van der Waals surface area contributed by atoms with Gasteiger partial charge in [-0.05, 0) is 13.8 Å². The third-order valence-electron chi connectivity index (χ3n) is 1.27. The summed E-state index contributed by atoms with van der Waals surface area (Å²) in [5.74, 6) is 0. The minimum absolute atomic E-state index is 0.139. The molecule has 0 aromatic heterocycles. The van der Waals surface area contributed by atoms with Crippen molar-refractivity contribution in [1.29, 1.82) is 0 Å². The zero-order chi connectivity index (χ0) is 11.9. The van der Waals surface area contributed by atoms with E-state index in [0.717, 1.165) is 6.61 Å². The minimum Gasteiger partial charge on any atom is -0.394 e. The molecule has 15 heavy (non-hydrogen) atoms. The standard InChI is InChI=1S/C7H16O3.C3H8O2/c1-3-9-6-7-10-5-4-8-2;1-3(5)2-4/h3-7H2,1-2H3;3-5H,2H2,1H3. The van der Waals surface area contributed by atoms with Gasteiger partial charge in [0.1, 0.15) is 0 Å². The van der Waals surface area contributed by atoms with E-state index in [2.05, 4.69) is 0 Å². The second-order valence-electron chi connectivity index (χ2n) is 2.83. The molecule has 0 rings (SSSR count). The Morgan fingerprint density at radius 2 is 1.53 bits per heavy atom. The molecule has 0 aliphatic heterocycles. The Balaban J connectivity index is 0. The van der Waals surface area contributed by atoms with Crippen LogP contribution in [0.4, 0.5) is 0 Å². The lowest BCUT2D eigenvalue weighted by Gasteiger charge is -2.02. The first kappa shape index (κ1) is 17.2. The highest BCUT2D eigenvalue weighted by Crippen LogP contribution is 1.78. The van der Waals surface area contributed by atoms with Crippen molar-refractivity contribution in [3.63, 3.8) is 0 Å². The molecule has 0 aliphatic carbocycles. The van der Waals surface area contributed by atoms with Crippen LogP contribution in [0, 0.1) is 0 Å². The molecule has 0 aromatic rings. The maximum absolute atomic E-state index is 8.11. The van der Waals surface area contributed by atoms with Crippen LogP contribution in [0.3, 0.4) is 0 Å². The van der Waals surface area contributed by atoms with Gasteiger partial charge in [-0.3, -0.25) is 0 Å². The Hall–Kier alpha value is -0.200. The highest BCUT2D eigenvalue weighted by molar-refractivity contribution is 4.34. The monoisotopic (exact) mass is 224 g/mol. The maximum Gasteiger partial charge on any atom is 0.0742 e. The molecule has 0 saturated heterocycles. The van der Waals surface area contributed by atoms with Gasteiger partial charge in [-0.2, -0.15) is 0 Å². The summed E-state index contributed by atoms with van der Waals surface area (Å²) >= 11 is 0. The van der Waals surface area contributed by atoms with Crippen LogP contribution in [-0.4, -0.2) is 63.1 Å². The number of aliphatic hydroxyl groups is 2. The largest absolute Gasteiger partial charge is 0.394 e. The predicted molar refractivity (Wildman–Crippen MR) is 58.0 cm³/mol. The van der Waals surface area contributed by atoms with E-state index in [4.69, 9.17) is 24.4 Å². The third-order valence-corrected chi connectivity index (χ3v) is 1.27. The molecule has 0 bridgehead atoms. The van der Waals surface area contributed by atoms with Gasteiger partial charge in [-0.15, -0.1) is 0 Å². The topological polar surface area (TPSA) is 68.2 Å². The van der Waals surface area contributed by atoms with Crippen LogP contribution in [0.15, 0.2) is 0 Å². The molecule has 5 nitrogen and oxygen atoms in total. The molecule has 0 amide bonds. The van der Waals surface area contributed by atoms with E-state index < -0.39 is 6.10 Å². The number of rotatable bonds is 8. The number of hydrogen-bond acceptors (Lipinski definition) is 5. The summed E-state index contributed by atoms with van der Waals surface area (Å²) in [7, 11) is 1.66. The van der Waals surface area contributed by atoms with Gasteiger partial charge in [0.25, 0.3) is 0 Å². The molecule has 0 spiro atoms. The second kappa shape index (κ2) is 16.2. The van der Waals surface area contributed by atoms with E-state index >= 15 is 0 Å². The molecule has 94 valence electrons. The van der Waals surface area contributed by atoms with E-state index in [1.807, 2.05) is 6.92 Å². The van der Waals surface area contributed by atoms with Crippen LogP contribution < -0.4 is 0 Å². The highest BCUT2D eigenvalue weighted by atomic mass is 16.5. The number of methoxy groups -OCH3 is 1. The van der Waals surface area contributed by atoms with Crippen LogP contribution in [0.1, 0.15) is 13.8 Å². The first-order valence-electron chi connectivity index (χ1n) is 5.12. The average molecular weight is 224 g/mol. The summed E-state index contributed by atoms with van der Waals surface area (Å²) < 4.78 is 15.0. The lowest BCUT2D eigenvalue weighted by Crippen LogP contribution is -2.07. The van der Waals surface area contributed by atoms with Crippen molar-refractivity contribution in [2.45, 2.75) is 20.0 Å². The quantitative estimate of drug-likeness (QED) is 0.570. The molecule has 1 unspecified atom stereocenters. The normalized spacial score (nSPS) is 11.8. The van der Waals surface area contributed by atoms with E-state index in [1.54, 1.807) is 7.11 Å². The highest BCUT2D eigenvalue weighted by Gasteiger charge is 1.86. The maximum atomic E-state index is 8.11. The lowest BCUT2D eigenvalue weighted by atomic mass is 10.5. The molecular weight excluding hydrogens is 200 g/mol. The smallest absolute Gasteiger partial charge is 0.0742 e. The molecule has 0 aromatic carbocycles. The zero-order valence-electron chi connectivity index (χ0n) is 9.94. The van der Waals surface area contributed by atoms with Gasteiger partial charge in [-0.1, -0.05) is 0 Å². The first-order valence-corrected chi connectivity index (χ1v) is 5.12. The lowest BCUT2D eigenvalue weighted by molar-refractivity contribution is 0.0280. The summed E-state index contributed by atoms with van der Waals surface area (Å²) in [6.07, 6.45) is -0.560. The van der Waals surface area contributed by atoms with E-state index in [1.165, 1.54) is 6.92 Å². The molecule has 0 saturated carbocycles. The van der Waals surface area contributed by atoms with Crippen molar-refractivity contribution < 1.29 is 24.4 Å². The van der Waals surface area contributed by atoms with Crippen LogP contribution in [0.5, 0.6) is 0 Å². The van der Waals surface area contributed by atoms with Crippen LogP contribution >= 0.6 is 0 Å². The fraction of sp³-hybridized carbons (Fsp3) is 1.00. The number of hydrogen-bond donors (Lipinski definition) is 2. The van der Waals surface area contributed by atoms with Gasteiger partial charge in [-0.25, -0.2) is 0 Å². The van der Waals surface area contributed by atoms with Crippen molar-refractivity contribution in [3.05, 3.63) is 0 Å². The Morgan fingerprint density at radius 3 is 1.93 bits per heavy atom. The van der Waals surface area contributed by atoms with E-state index in [0.29, 0.717) is 26.4 Å². The average Bonchev–Trinajstić information content (AvgIpc) is 2.24. The summed E-state index contributed by atoms with van der Waals surface area (Å²) in [6.45, 7) is 6.77. The van der Waals surface area contributed by atoms with Crippen molar-refractivity contribution in [2.24, 2.45) is 0 Å². The Morgan fingerprint density at radius 1 is 1.07 bits per heavy atom. The van der Waals surface area contributed by atoms with Crippen molar-refractivity contribution in [2.75, 3.05) is 46.8 Å². The fourth-order valence-corrected chi connectivity index (χ4v) is 0.507. The Bertz CT molecular complexity index is 89.8. The molecular formula is C10H24O5. The zero-order valence-corrected chi connectivity index (χ0v) is 9.94. The van der Waals surface area contributed by atoms with E-state index in [-0.39, 0.29) is 6.61 Å². The molecule has 2 N–H and O–H groups in total. The van der Waals surface area contributed by atoms with Crippen molar-refractivity contribution >= 4 is 0 Å². The van der Waals surface area contributed by atoms with Crippen molar-refractivity contribution in [3.8, 4) is 0 Å². The third kappa shape index (κ3) is 24.8. The Labute approximate surface area is 92.0 Å². The summed E-state index contributed by atoms with van der Waals surface area (Å²) in [5, 5.41) is 16.0. The van der Waals surface area contributed by atoms with Gasteiger partial charge in [0.2, 0.25) is 0 Å². The predicted octanol–water partition coefficient (Wildman–Crippen LogP) is 0.0454. The fourth-order valence-electron chi connectivity index (χ4n) is 0.507. The molecule has 0 fully saturated rings. The Kier molecular flexibility index (Phi) is 18.6. The molecule has 0 aliphatic rings. The summed E-state index contributed by atoms with van der Waals surface area (Å²) in [6, 6.07) is 0. The second-order valence-corrected chi connectivity index (χ2v) is 2.83. The molecule has 0 heterocycles. The van der Waals surface area contributed by atoms with Gasteiger partial charge in [0.05, 0.1) is 39.1 Å². The molecule has 5 heteroatoms. The van der Waals surface area contributed by atoms with E-state index in [9.17, 15) is 0 Å². The first-order chi connectivity index (χ1) is 7.18. The van der Waals surface area contributed by atoms with Gasteiger partial charge in [0.15, 0.2) is 0 Å². The number of aliphatic hydroxyl groups excluding tert-OH is 2. The van der Waals surface area contributed by atoms with Crippen molar-refractivity contribution in [1.82, 2.24) is 0 Å². The molecule has 0 radical (unpaired) electrons. The summed E-state index contributed by atoms with van der Waals surface area (Å²) in [4.78, 5) is 0. The van der Waals surface area contributed by atoms with Gasteiger partial charge >= 0.3 is 0 Å². The van der Waals surface area contributed by atoms with Crippen LogP contribution in [-0.2, 0) is 14.2 Å².